The summed E-state index contributed by atoms with van der Waals surface area (Å²) in [5, 5.41) is 3.40. The molecule has 0 aliphatic rings. The largest absolute Gasteiger partial charge is 0.337 e. The first-order chi connectivity index (χ1) is 7.77. The summed E-state index contributed by atoms with van der Waals surface area (Å²) in [5.41, 5.74) is 1.05. The Labute approximate surface area is 95.4 Å². The molecule has 0 aromatic carbocycles. The van der Waals surface area contributed by atoms with E-state index in [4.69, 9.17) is 0 Å². The summed E-state index contributed by atoms with van der Waals surface area (Å²) in [6.45, 7) is 2.85. The Balaban J connectivity index is 1.94. The molecule has 0 spiro atoms. The van der Waals surface area contributed by atoms with Gasteiger partial charge >= 0.3 is 0 Å². The van der Waals surface area contributed by atoms with E-state index in [1.165, 1.54) is 0 Å². The molecule has 0 amide bonds. The lowest BCUT2D eigenvalue weighted by Crippen LogP contribution is -2.20. The average molecular weight is 216 g/mol. The molecule has 16 heavy (non-hydrogen) atoms. The number of rotatable bonds is 4. The maximum atomic E-state index is 4.31. The Hall–Kier alpha value is -1.68. The van der Waals surface area contributed by atoms with Crippen molar-refractivity contribution in [1.29, 1.82) is 0 Å². The highest BCUT2D eigenvalue weighted by molar-refractivity contribution is 5.07. The number of hydrogen-bond acceptors (Lipinski definition) is 3. The minimum absolute atomic E-state index is 0.234. The van der Waals surface area contributed by atoms with Crippen molar-refractivity contribution in [3.05, 3.63) is 48.3 Å². The molecular formula is C12H16N4. The highest BCUT2D eigenvalue weighted by Crippen LogP contribution is 2.08. The topological polar surface area (TPSA) is 42.7 Å². The van der Waals surface area contributed by atoms with Crippen LogP contribution in [0, 0.1) is 0 Å². The van der Waals surface area contributed by atoms with Gasteiger partial charge in [0.15, 0.2) is 0 Å². The quantitative estimate of drug-likeness (QED) is 0.845. The molecule has 0 saturated carbocycles. The normalized spacial score (nSPS) is 12.6. The molecule has 1 atom stereocenters. The smallest absolute Gasteiger partial charge is 0.122 e. The van der Waals surface area contributed by atoms with Crippen molar-refractivity contribution in [3.8, 4) is 0 Å². The van der Waals surface area contributed by atoms with Gasteiger partial charge in [-0.1, -0.05) is 6.07 Å². The maximum Gasteiger partial charge on any atom is 0.122 e. The SMILES string of the molecule is CC(NCc1nccn1C)c1ccccn1. The number of hydrogen-bond donors (Lipinski definition) is 1. The van der Waals surface area contributed by atoms with Gasteiger partial charge in [-0.3, -0.25) is 4.98 Å². The Bertz CT molecular complexity index is 435. The lowest BCUT2D eigenvalue weighted by molar-refractivity contribution is 0.538. The van der Waals surface area contributed by atoms with Gasteiger partial charge in [0.2, 0.25) is 0 Å². The Kier molecular flexibility index (Phi) is 3.31. The van der Waals surface area contributed by atoms with Crippen LogP contribution < -0.4 is 5.32 Å². The predicted molar refractivity (Wildman–Crippen MR) is 62.7 cm³/mol. The van der Waals surface area contributed by atoms with Crippen molar-refractivity contribution in [2.24, 2.45) is 7.05 Å². The first kappa shape index (κ1) is 10.8. The molecule has 4 heteroatoms. The third kappa shape index (κ3) is 2.46. The van der Waals surface area contributed by atoms with Crippen LogP contribution in [0.15, 0.2) is 36.8 Å². The molecule has 0 saturated heterocycles. The predicted octanol–water partition coefficient (Wildman–Crippen LogP) is 1.67. The van der Waals surface area contributed by atoms with Crippen LogP contribution in [0.25, 0.3) is 0 Å². The first-order valence-corrected chi connectivity index (χ1v) is 5.38. The summed E-state index contributed by atoms with van der Waals surface area (Å²) < 4.78 is 2.01. The lowest BCUT2D eigenvalue weighted by atomic mass is 10.2. The molecule has 0 fully saturated rings. The molecule has 4 nitrogen and oxygen atoms in total. The molecule has 0 bridgehead atoms. The van der Waals surface area contributed by atoms with E-state index in [1.54, 1.807) is 0 Å². The van der Waals surface area contributed by atoms with Crippen molar-refractivity contribution in [2.45, 2.75) is 19.5 Å². The number of aryl methyl sites for hydroxylation is 1. The van der Waals surface area contributed by atoms with E-state index in [0.29, 0.717) is 0 Å². The van der Waals surface area contributed by atoms with Crippen LogP contribution in [0.5, 0.6) is 0 Å². The Morgan fingerprint density at radius 3 is 2.81 bits per heavy atom. The summed E-state index contributed by atoms with van der Waals surface area (Å²) in [6.07, 6.45) is 5.57. The van der Waals surface area contributed by atoms with Crippen molar-refractivity contribution < 1.29 is 0 Å². The van der Waals surface area contributed by atoms with Gasteiger partial charge in [0.1, 0.15) is 5.82 Å². The molecular weight excluding hydrogens is 200 g/mol. The molecule has 2 heterocycles. The van der Waals surface area contributed by atoms with Crippen LogP contribution in [0.1, 0.15) is 24.5 Å². The zero-order chi connectivity index (χ0) is 11.4. The van der Waals surface area contributed by atoms with Crippen LogP contribution in [0.2, 0.25) is 0 Å². The second-order valence-corrected chi connectivity index (χ2v) is 3.81. The first-order valence-electron chi connectivity index (χ1n) is 5.38. The van der Waals surface area contributed by atoms with Crippen LogP contribution in [0.3, 0.4) is 0 Å². The van der Waals surface area contributed by atoms with Crippen molar-refractivity contribution in [2.75, 3.05) is 0 Å². The van der Waals surface area contributed by atoms with E-state index >= 15 is 0 Å². The van der Waals surface area contributed by atoms with Crippen molar-refractivity contribution >= 4 is 0 Å². The average Bonchev–Trinajstić information content (AvgIpc) is 2.73. The molecule has 84 valence electrons. The van der Waals surface area contributed by atoms with Crippen molar-refractivity contribution in [1.82, 2.24) is 19.9 Å². The summed E-state index contributed by atoms with van der Waals surface area (Å²) in [4.78, 5) is 8.57. The fourth-order valence-corrected chi connectivity index (χ4v) is 1.55. The van der Waals surface area contributed by atoms with Gasteiger partial charge in [-0.15, -0.1) is 0 Å². The minimum atomic E-state index is 0.234. The molecule has 0 radical (unpaired) electrons. The van der Waals surface area contributed by atoms with E-state index in [0.717, 1.165) is 18.1 Å². The van der Waals surface area contributed by atoms with Gasteiger partial charge < -0.3 is 9.88 Å². The van der Waals surface area contributed by atoms with Gasteiger partial charge in [-0.05, 0) is 19.1 Å². The minimum Gasteiger partial charge on any atom is -0.337 e. The zero-order valence-electron chi connectivity index (χ0n) is 9.59. The third-order valence-corrected chi connectivity index (χ3v) is 2.62. The van der Waals surface area contributed by atoms with Gasteiger partial charge in [-0.2, -0.15) is 0 Å². The monoisotopic (exact) mass is 216 g/mol. The molecule has 1 N–H and O–H groups in total. The van der Waals surface area contributed by atoms with Gasteiger partial charge in [0.25, 0.3) is 0 Å². The number of nitrogens with zero attached hydrogens (tertiary/aromatic N) is 3. The van der Waals surface area contributed by atoms with Gasteiger partial charge in [-0.25, -0.2) is 4.98 Å². The van der Waals surface area contributed by atoms with Crippen molar-refractivity contribution in [3.63, 3.8) is 0 Å². The molecule has 2 aromatic rings. The van der Waals surface area contributed by atoms with Crippen LogP contribution in [0.4, 0.5) is 0 Å². The lowest BCUT2D eigenvalue weighted by Gasteiger charge is -2.12. The number of nitrogens with one attached hydrogen (secondary N) is 1. The van der Waals surface area contributed by atoms with Crippen LogP contribution >= 0.6 is 0 Å². The van der Waals surface area contributed by atoms with E-state index in [1.807, 2.05) is 48.4 Å². The molecule has 1 unspecified atom stereocenters. The second kappa shape index (κ2) is 4.90. The highest BCUT2D eigenvalue weighted by Gasteiger charge is 2.06. The van der Waals surface area contributed by atoms with Crippen LogP contribution in [-0.2, 0) is 13.6 Å². The summed E-state index contributed by atoms with van der Waals surface area (Å²) in [5.74, 6) is 1.03. The molecule has 0 aliphatic carbocycles. The number of aromatic nitrogens is 3. The third-order valence-electron chi connectivity index (χ3n) is 2.62. The van der Waals surface area contributed by atoms with Gasteiger partial charge in [0.05, 0.1) is 12.2 Å². The Morgan fingerprint density at radius 1 is 1.31 bits per heavy atom. The van der Waals surface area contributed by atoms with E-state index in [-0.39, 0.29) is 6.04 Å². The van der Waals surface area contributed by atoms with Crippen LogP contribution in [-0.4, -0.2) is 14.5 Å². The maximum absolute atomic E-state index is 4.31. The summed E-state index contributed by atoms with van der Waals surface area (Å²) in [7, 11) is 2.00. The van der Waals surface area contributed by atoms with E-state index < -0.39 is 0 Å². The summed E-state index contributed by atoms with van der Waals surface area (Å²) in [6, 6.07) is 6.18. The standard InChI is InChI=1S/C12H16N4/c1-10(11-5-3-4-6-13-11)15-9-12-14-7-8-16(12)2/h3-8,10,15H,9H2,1-2H3. The molecule has 0 aliphatic heterocycles. The van der Waals surface area contributed by atoms with E-state index in [9.17, 15) is 0 Å². The number of imidazole rings is 1. The molecule has 2 rings (SSSR count). The summed E-state index contributed by atoms with van der Waals surface area (Å²) >= 11 is 0. The highest BCUT2D eigenvalue weighted by atomic mass is 15.1. The Morgan fingerprint density at radius 2 is 2.19 bits per heavy atom. The number of pyridine rings is 1. The zero-order valence-corrected chi connectivity index (χ0v) is 9.59. The fourth-order valence-electron chi connectivity index (χ4n) is 1.55. The second-order valence-electron chi connectivity index (χ2n) is 3.81. The van der Waals surface area contributed by atoms with Gasteiger partial charge in [0, 0.05) is 31.7 Å². The molecule has 2 aromatic heterocycles. The van der Waals surface area contributed by atoms with E-state index in [2.05, 4.69) is 22.2 Å². The fraction of sp³-hybridized carbons (Fsp3) is 0.333.